The number of hydrogen-bond acceptors (Lipinski definition) is 4. The van der Waals surface area contributed by atoms with Crippen LogP contribution in [0.3, 0.4) is 0 Å². The van der Waals surface area contributed by atoms with E-state index in [2.05, 4.69) is 5.32 Å². The largest absolute Gasteiger partial charge is 0.376 e. The van der Waals surface area contributed by atoms with Crippen LogP contribution in [0.25, 0.3) is 0 Å². The Morgan fingerprint density at radius 1 is 1.13 bits per heavy atom. The first-order valence-corrected chi connectivity index (χ1v) is 9.03. The van der Waals surface area contributed by atoms with Crippen molar-refractivity contribution < 1.29 is 14.3 Å². The molecular formula is C17H31ClN2O3. The molecule has 5 nitrogen and oxygen atoms in total. The zero-order chi connectivity index (χ0) is 15.2. The van der Waals surface area contributed by atoms with Gasteiger partial charge in [0.2, 0.25) is 5.91 Å². The molecule has 23 heavy (non-hydrogen) atoms. The molecule has 3 aliphatic rings. The van der Waals surface area contributed by atoms with E-state index in [1.165, 1.54) is 25.7 Å². The molecule has 2 saturated heterocycles. The minimum absolute atomic E-state index is 0. The second-order valence-corrected chi connectivity index (χ2v) is 6.98. The van der Waals surface area contributed by atoms with Crippen molar-refractivity contribution in [3.63, 3.8) is 0 Å². The Kier molecular flexibility index (Phi) is 8.10. The van der Waals surface area contributed by atoms with Gasteiger partial charge < -0.3 is 19.7 Å². The summed E-state index contributed by atoms with van der Waals surface area (Å²) in [6.07, 6.45) is 8.74. The molecule has 0 radical (unpaired) electrons. The SMILES string of the molecule is Cl.O=C(CNCC1CC1)N1CCC(OCC2CCCCO2)CC1. The third kappa shape index (κ3) is 6.57. The molecule has 0 spiro atoms. The number of likely N-dealkylation sites (tertiary alicyclic amines) is 1. The van der Waals surface area contributed by atoms with E-state index in [-0.39, 0.29) is 18.3 Å². The minimum atomic E-state index is 0. The van der Waals surface area contributed by atoms with Gasteiger partial charge in [-0.25, -0.2) is 0 Å². The van der Waals surface area contributed by atoms with Crippen molar-refractivity contribution in [2.24, 2.45) is 5.92 Å². The Hall–Kier alpha value is -0.360. The van der Waals surface area contributed by atoms with Crippen molar-refractivity contribution in [3.8, 4) is 0 Å². The molecule has 6 heteroatoms. The van der Waals surface area contributed by atoms with E-state index in [4.69, 9.17) is 9.47 Å². The predicted molar refractivity (Wildman–Crippen MR) is 92.0 cm³/mol. The number of halogens is 1. The Balaban J connectivity index is 0.00000192. The quantitative estimate of drug-likeness (QED) is 0.766. The standard InChI is InChI=1S/C17H30N2O3.ClH/c20-17(12-18-11-14-4-5-14)19-8-6-15(7-9-19)22-13-16-3-1-2-10-21-16;/h14-16,18H,1-13H2;1H. The zero-order valence-corrected chi connectivity index (χ0v) is 14.8. The molecule has 2 aliphatic heterocycles. The summed E-state index contributed by atoms with van der Waals surface area (Å²) < 4.78 is 11.7. The maximum absolute atomic E-state index is 12.1. The van der Waals surface area contributed by atoms with Gasteiger partial charge in [-0.3, -0.25) is 4.79 Å². The summed E-state index contributed by atoms with van der Waals surface area (Å²) in [6, 6.07) is 0. The molecule has 1 aliphatic carbocycles. The van der Waals surface area contributed by atoms with Crippen LogP contribution in [0.15, 0.2) is 0 Å². The van der Waals surface area contributed by atoms with Crippen LogP contribution in [0, 0.1) is 5.92 Å². The first-order chi connectivity index (χ1) is 10.8. The predicted octanol–water partition coefficient (Wildman–Crippen LogP) is 1.98. The Bertz CT molecular complexity index is 352. The molecule has 1 N–H and O–H groups in total. The van der Waals surface area contributed by atoms with Crippen LogP contribution < -0.4 is 5.32 Å². The van der Waals surface area contributed by atoms with Crippen LogP contribution in [-0.2, 0) is 14.3 Å². The monoisotopic (exact) mass is 346 g/mol. The van der Waals surface area contributed by atoms with E-state index < -0.39 is 0 Å². The molecule has 2 heterocycles. The number of piperidine rings is 1. The fourth-order valence-electron chi connectivity index (χ4n) is 3.27. The van der Waals surface area contributed by atoms with Crippen LogP contribution >= 0.6 is 12.4 Å². The van der Waals surface area contributed by atoms with Gasteiger partial charge in [0.15, 0.2) is 0 Å². The number of carbonyl (C=O) groups excluding carboxylic acids is 1. The van der Waals surface area contributed by atoms with Gasteiger partial charge in [-0.05, 0) is 57.4 Å². The van der Waals surface area contributed by atoms with Gasteiger partial charge in [-0.1, -0.05) is 0 Å². The summed E-state index contributed by atoms with van der Waals surface area (Å²) >= 11 is 0. The summed E-state index contributed by atoms with van der Waals surface area (Å²) in [6.45, 7) is 4.78. The van der Waals surface area contributed by atoms with Gasteiger partial charge in [0.25, 0.3) is 0 Å². The highest BCUT2D eigenvalue weighted by Crippen LogP contribution is 2.27. The first-order valence-electron chi connectivity index (χ1n) is 9.03. The number of nitrogens with zero attached hydrogens (tertiary/aromatic N) is 1. The Morgan fingerprint density at radius 3 is 2.57 bits per heavy atom. The molecule has 3 fully saturated rings. The third-order valence-electron chi connectivity index (χ3n) is 4.99. The third-order valence-corrected chi connectivity index (χ3v) is 4.99. The van der Waals surface area contributed by atoms with Crippen LogP contribution in [0.1, 0.15) is 44.9 Å². The highest BCUT2D eigenvalue weighted by molar-refractivity contribution is 5.85. The van der Waals surface area contributed by atoms with E-state index in [9.17, 15) is 4.79 Å². The summed E-state index contributed by atoms with van der Waals surface area (Å²) in [5, 5.41) is 3.28. The van der Waals surface area contributed by atoms with Crippen LogP contribution in [0.4, 0.5) is 0 Å². The minimum Gasteiger partial charge on any atom is -0.376 e. The van der Waals surface area contributed by atoms with E-state index in [0.29, 0.717) is 18.8 Å². The van der Waals surface area contributed by atoms with Crippen molar-refractivity contribution in [1.29, 1.82) is 0 Å². The van der Waals surface area contributed by atoms with Crippen LogP contribution in [0.5, 0.6) is 0 Å². The van der Waals surface area contributed by atoms with Gasteiger partial charge in [0, 0.05) is 19.7 Å². The average Bonchev–Trinajstić information content (AvgIpc) is 3.38. The molecule has 1 saturated carbocycles. The summed E-state index contributed by atoms with van der Waals surface area (Å²) in [4.78, 5) is 14.1. The molecule has 1 unspecified atom stereocenters. The van der Waals surface area contributed by atoms with Crippen molar-refractivity contribution >= 4 is 18.3 Å². The average molecular weight is 347 g/mol. The number of carbonyl (C=O) groups is 1. The molecule has 1 atom stereocenters. The number of rotatable bonds is 7. The smallest absolute Gasteiger partial charge is 0.236 e. The molecule has 0 aromatic carbocycles. The lowest BCUT2D eigenvalue weighted by Gasteiger charge is -2.33. The molecule has 0 bridgehead atoms. The van der Waals surface area contributed by atoms with Gasteiger partial charge in [0.05, 0.1) is 25.4 Å². The molecule has 0 aromatic rings. The van der Waals surface area contributed by atoms with Gasteiger partial charge in [0.1, 0.15) is 0 Å². The van der Waals surface area contributed by atoms with Crippen LogP contribution in [0.2, 0.25) is 0 Å². The van der Waals surface area contributed by atoms with Crippen molar-refractivity contribution in [2.45, 2.75) is 57.2 Å². The fourth-order valence-corrected chi connectivity index (χ4v) is 3.27. The van der Waals surface area contributed by atoms with Crippen molar-refractivity contribution in [2.75, 3.05) is 39.4 Å². The molecule has 0 aromatic heterocycles. The van der Waals surface area contributed by atoms with E-state index >= 15 is 0 Å². The van der Waals surface area contributed by atoms with E-state index in [1.54, 1.807) is 0 Å². The Labute approximate surface area is 145 Å². The lowest BCUT2D eigenvalue weighted by atomic mass is 10.1. The lowest BCUT2D eigenvalue weighted by molar-refractivity contribution is -0.133. The fraction of sp³-hybridized carbons (Fsp3) is 0.941. The molecule has 1 amide bonds. The van der Waals surface area contributed by atoms with Crippen LogP contribution in [-0.4, -0.2) is 62.4 Å². The van der Waals surface area contributed by atoms with Crippen molar-refractivity contribution in [3.05, 3.63) is 0 Å². The Morgan fingerprint density at radius 2 is 1.91 bits per heavy atom. The number of ether oxygens (including phenoxy) is 2. The maximum Gasteiger partial charge on any atom is 0.236 e. The zero-order valence-electron chi connectivity index (χ0n) is 14.0. The summed E-state index contributed by atoms with van der Waals surface area (Å²) in [5.41, 5.74) is 0. The number of amides is 1. The maximum atomic E-state index is 12.1. The topological polar surface area (TPSA) is 50.8 Å². The second kappa shape index (κ2) is 9.82. The first kappa shape index (κ1) is 19.0. The lowest BCUT2D eigenvalue weighted by Crippen LogP contribution is -2.45. The van der Waals surface area contributed by atoms with Gasteiger partial charge in [-0.15, -0.1) is 12.4 Å². The van der Waals surface area contributed by atoms with Gasteiger partial charge >= 0.3 is 0 Å². The number of hydrogen-bond donors (Lipinski definition) is 1. The highest BCUT2D eigenvalue weighted by atomic mass is 35.5. The highest BCUT2D eigenvalue weighted by Gasteiger charge is 2.25. The van der Waals surface area contributed by atoms with Crippen molar-refractivity contribution in [1.82, 2.24) is 10.2 Å². The molecule has 134 valence electrons. The normalized spacial score (nSPS) is 25.9. The second-order valence-electron chi connectivity index (χ2n) is 6.98. The molecular weight excluding hydrogens is 316 g/mol. The van der Waals surface area contributed by atoms with E-state index in [1.807, 2.05) is 4.90 Å². The summed E-state index contributed by atoms with van der Waals surface area (Å²) in [7, 11) is 0. The molecule has 3 rings (SSSR count). The number of nitrogens with one attached hydrogen (secondary N) is 1. The van der Waals surface area contributed by atoms with Gasteiger partial charge in [-0.2, -0.15) is 0 Å². The van der Waals surface area contributed by atoms with E-state index in [0.717, 1.165) is 58.0 Å². The summed E-state index contributed by atoms with van der Waals surface area (Å²) in [5.74, 6) is 1.07.